The van der Waals surface area contributed by atoms with E-state index >= 15 is 0 Å². The number of carbonyl (C=O) groups is 1. The molecule has 4 heteroatoms. The van der Waals surface area contributed by atoms with Gasteiger partial charge in [0.2, 0.25) is 0 Å². The molecule has 0 spiro atoms. The maximum absolute atomic E-state index is 12.4. The summed E-state index contributed by atoms with van der Waals surface area (Å²) in [6, 6.07) is 24.3. The van der Waals surface area contributed by atoms with Crippen molar-refractivity contribution in [2.24, 2.45) is 0 Å². The molecule has 3 nitrogen and oxygen atoms in total. The Morgan fingerprint density at radius 3 is 2.50 bits per heavy atom. The lowest BCUT2D eigenvalue weighted by Crippen LogP contribution is -2.33. The molecule has 0 saturated carbocycles. The Kier molecular flexibility index (Phi) is 7.62. The predicted octanol–water partition coefficient (Wildman–Crippen LogP) is 6.86. The minimum absolute atomic E-state index is 0.199. The Morgan fingerprint density at radius 1 is 1.00 bits per heavy atom. The fraction of sp³-hybridized carbons (Fsp3) is 0.321. The largest absolute Gasteiger partial charge is 0.496 e. The monoisotopic (exact) mass is 447 g/mol. The first kappa shape index (κ1) is 22.6. The van der Waals surface area contributed by atoms with Crippen molar-refractivity contribution in [3.8, 4) is 16.9 Å². The molecule has 32 heavy (non-hydrogen) atoms. The highest BCUT2D eigenvalue weighted by atomic mass is 35.5. The summed E-state index contributed by atoms with van der Waals surface area (Å²) in [7, 11) is 1.72. The number of nitrogens with zero attached hydrogens (tertiary/aromatic N) is 1. The average molecular weight is 448 g/mol. The van der Waals surface area contributed by atoms with Gasteiger partial charge in [0.25, 0.3) is 0 Å². The van der Waals surface area contributed by atoms with Gasteiger partial charge < -0.3 is 9.64 Å². The van der Waals surface area contributed by atoms with E-state index in [4.69, 9.17) is 16.3 Å². The molecule has 0 atom stereocenters. The van der Waals surface area contributed by atoms with Crippen molar-refractivity contribution in [2.75, 3.05) is 26.7 Å². The van der Waals surface area contributed by atoms with E-state index in [9.17, 15) is 4.79 Å². The van der Waals surface area contributed by atoms with E-state index < -0.39 is 0 Å². The fourth-order valence-electron chi connectivity index (χ4n) is 4.58. The maximum atomic E-state index is 12.4. The van der Waals surface area contributed by atoms with Gasteiger partial charge in [-0.1, -0.05) is 54.1 Å². The van der Waals surface area contributed by atoms with E-state index in [0.29, 0.717) is 17.4 Å². The predicted molar refractivity (Wildman–Crippen MR) is 132 cm³/mol. The van der Waals surface area contributed by atoms with Gasteiger partial charge in [-0.25, -0.2) is 0 Å². The number of hydrogen-bond acceptors (Lipinski definition) is 3. The highest BCUT2D eigenvalue weighted by Gasteiger charge is 2.21. The molecule has 0 unspecified atom stereocenters. The number of halogens is 1. The molecule has 1 heterocycles. The molecule has 0 radical (unpaired) electrons. The number of carbonyl (C=O) groups excluding carboxylic acids is 1. The van der Waals surface area contributed by atoms with Crippen LogP contribution in [0.5, 0.6) is 5.75 Å². The summed E-state index contributed by atoms with van der Waals surface area (Å²) in [5.74, 6) is 1.69. The molecule has 0 N–H and O–H groups in total. The molecule has 1 saturated heterocycles. The van der Waals surface area contributed by atoms with Crippen LogP contribution in [0.2, 0.25) is 5.02 Å². The lowest BCUT2D eigenvalue weighted by Gasteiger charge is -2.32. The number of ketones is 1. The lowest BCUT2D eigenvalue weighted by atomic mass is 9.87. The molecule has 0 aromatic heterocycles. The Balaban J connectivity index is 1.28. The van der Waals surface area contributed by atoms with Gasteiger partial charge in [-0.3, -0.25) is 4.79 Å². The van der Waals surface area contributed by atoms with Crippen LogP contribution in [0.1, 0.15) is 47.5 Å². The van der Waals surface area contributed by atoms with E-state index in [1.807, 2.05) is 24.3 Å². The van der Waals surface area contributed by atoms with Crippen LogP contribution in [0.25, 0.3) is 11.1 Å². The molecule has 0 bridgehead atoms. The highest BCUT2D eigenvalue weighted by molar-refractivity contribution is 6.30. The van der Waals surface area contributed by atoms with Crippen LogP contribution < -0.4 is 4.74 Å². The number of ether oxygens (including phenoxy) is 1. The molecule has 1 aliphatic rings. The van der Waals surface area contributed by atoms with E-state index in [1.165, 1.54) is 11.1 Å². The van der Waals surface area contributed by atoms with Gasteiger partial charge >= 0.3 is 0 Å². The second kappa shape index (κ2) is 10.8. The summed E-state index contributed by atoms with van der Waals surface area (Å²) in [6.45, 7) is 3.14. The van der Waals surface area contributed by atoms with Crippen LogP contribution in [0.3, 0.4) is 0 Å². The zero-order valence-corrected chi connectivity index (χ0v) is 19.4. The SMILES string of the molecule is COc1ccccc1-c1cccc(C2CCN(CCCC(=O)c3ccc(Cl)cc3)CC2)c1. The smallest absolute Gasteiger partial charge is 0.162 e. The topological polar surface area (TPSA) is 29.5 Å². The number of piperidine rings is 1. The Hall–Kier alpha value is -2.62. The molecular weight excluding hydrogens is 418 g/mol. The maximum Gasteiger partial charge on any atom is 0.162 e. The first-order valence-corrected chi connectivity index (χ1v) is 11.8. The summed E-state index contributed by atoms with van der Waals surface area (Å²) in [5, 5.41) is 0.665. The van der Waals surface area contributed by atoms with Gasteiger partial charge in [0.15, 0.2) is 5.78 Å². The van der Waals surface area contributed by atoms with Gasteiger partial charge in [-0.2, -0.15) is 0 Å². The second-order valence-electron chi connectivity index (χ2n) is 8.48. The van der Waals surface area contributed by atoms with Crippen molar-refractivity contribution in [2.45, 2.75) is 31.6 Å². The quantitative estimate of drug-likeness (QED) is 0.353. The second-order valence-corrected chi connectivity index (χ2v) is 8.91. The lowest BCUT2D eigenvalue weighted by molar-refractivity contribution is 0.0972. The van der Waals surface area contributed by atoms with E-state index in [-0.39, 0.29) is 5.78 Å². The number of benzene rings is 3. The number of para-hydroxylation sites is 1. The number of rotatable bonds is 8. The first-order chi connectivity index (χ1) is 15.6. The minimum atomic E-state index is 0.199. The molecule has 0 aliphatic carbocycles. The van der Waals surface area contributed by atoms with Crippen molar-refractivity contribution in [3.05, 3.63) is 88.9 Å². The minimum Gasteiger partial charge on any atom is -0.496 e. The van der Waals surface area contributed by atoms with Gasteiger partial charge in [0.05, 0.1) is 7.11 Å². The Morgan fingerprint density at radius 2 is 1.75 bits per heavy atom. The highest BCUT2D eigenvalue weighted by Crippen LogP contribution is 2.34. The van der Waals surface area contributed by atoms with E-state index in [0.717, 1.165) is 55.8 Å². The Bertz CT molecular complexity index is 1040. The zero-order chi connectivity index (χ0) is 22.3. The summed E-state index contributed by atoms with van der Waals surface area (Å²) >= 11 is 5.91. The van der Waals surface area contributed by atoms with Crippen LogP contribution in [-0.4, -0.2) is 37.4 Å². The third-order valence-corrected chi connectivity index (χ3v) is 6.66. The van der Waals surface area contributed by atoms with Gasteiger partial charge in [-0.05, 0) is 86.3 Å². The summed E-state index contributed by atoms with van der Waals surface area (Å²) < 4.78 is 5.55. The van der Waals surface area contributed by atoms with Crippen molar-refractivity contribution in [1.82, 2.24) is 4.90 Å². The molecule has 3 aromatic rings. The van der Waals surface area contributed by atoms with Gasteiger partial charge in [0.1, 0.15) is 5.75 Å². The number of Topliss-reactive ketones (excluding diaryl/α,β-unsaturated/α-hetero) is 1. The normalized spacial score (nSPS) is 14.9. The van der Waals surface area contributed by atoms with Crippen molar-refractivity contribution in [3.63, 3.8) is 0 Å². The van der Waals surface area contributed by atoms with Crippen LogP contribution in [0.15, 0.2) is 72.8 Å². The van der Waals surface area contributed by atoms with Crippen LogP contribution in [-0.2, 0) is 0 Å². The fourth-order valence-corrected chi connectivity index (χ4v) is 4.70. The van der Waals surface area contributed by atoms with Gasteiger partial charge in [-0.15, -0.1) is 0 Å². The van der Waals surface area contributed by atoms with Crippen LogP contribution in [0.4, 0.5) is 0 Å². The molecule has 4 rings (SSSR count). The third-order valence-electron chi connectivity index (χ3n) is 6.41. The van der Waals surface area contributed by atoms with E-state index in [1.54, 1.807) is 19.2 Å². The summed E-state index contributed by atoms with van der Waals surface area (Å²) in [4.78, 5) is 14.9. The average Bonchev–Trinajstić information content (AvgIpc) is 2.85. The molecule has 166 valence electrons. The van der Waals surface area contributed by atoms with Crippen molar-refractivity contribution < 1.29 is 9.53 Å². The molecule has 1 aliphatic heterocycles. The summed E-state index contributed by atoms with van der Waals surface area (Å²) in [6.07, 6.45) is 3.79. The first-order valence-electron chi connectivity index (χ1n) is 11.4. The van der Waals surface area contributed by atoms with Crippen LogP contribution in [0, 0.1) is 0 Å². The van der Waals surface area contributed by atoms with Gasteiger partial charge in [0, 0.05) is 22.6 Å². The molecule has 1 fully saturated rings. The van der Waals surface area contributed by atoms with Crippen molar-refractivity contribution >= 4 is 17.4 Å². The molecule has 3 aromatic carbocycles. The summed E-state index contributed by atoms with van der Waals surface area (Å²) in [5.41, 5.74) is 4.51. The number of hydrogen-bond donors (Lipinski definition) is 0. The van der Waals surface area contributed by atoms with Crippen molar-refractivity contribution in [1.29, 1.82) is 0 Å². The number of likely N-dealkylation sites (tertiary alicyclic amines) is 1. The molecular formula is C28H30ClNO2. The molecule has 0 amide bonds. The number of methoxy groups -OCH3 is 1. The zero-order valence-electron chi connectivity index (χ0n) is 18.6. The van der Waals surface area contributed by atoms with E-state index in [2.05, 4.69) is 41.3 Å². The third kappa shape index (κ3) is 5.59. The standard InChI is InChI=1S/C28H30ClNO2/c1-32-28-10-3-2-8-26(28)24-7-4-6-23(20-24)21-15-18-30(19-16-21)17-5-9-27(31)22-11-13-25(29)14-12-22/h2-4,6-8,10-14,20-21H,5,9,15-19H2,1H3. The van der Waals surface area contributed by atoms with Crippen LogP contribution >= 0.6 is 11.6 Å². The Labute approximate surface area is 196 Å².